The van der Waals surface area contributed by atoms with Crippen molar-refractivity contribution in [1.82, 2.24) is 5.32 Å². The molecule has 4 nitrogen and oxygen atoms in total. The fourth-order valence-electron chi connectivity index (χ4n) is 2.14. The number of rotatable bonds is 2. The van der Waals surface area contributed by atoms with Crippen molar-refractivity contribution in [1.29, 1.82) is 0 Å². The molecule has 1 heterocycles. The van der Waals surface area contributed by atoms with Crippen molar-refractivity contribution in [2.45, 2.75) is 0 Å². The second kappa shape index (κ2) is 5.90. The third-order valence-electron chi connectivity index (χ3n) is 3.18. The summed E-state index contributed by atoms with van der Waals surface area (Å²) >= 11 is 8.57. The second-order valence-corrected chi connectivity index (χ2v) is 5.97. The smallest absolute Gasteiger partial charge is 0.281 e. The minimum absolute atomic E-state index is 0.0920. The number of thiocarbonyl (C=S) groups is 1. The molecule has 1 aliphatic rings. The SMILES string of the molecule is O=C1/C(=C/c2cc(Br)ccc2O)NC(=S)N1c1ccccc1. The first-order valence-corrected chi connectivity index (χ1v) is 7.67. The number of phenols is 1. The van der Waals surface area contributed by atoms with E-state index >= 15 is 0 Å². The molecule has 2 N–H and O–H groups in total. The normalized spacial score (nSPS) is 16.2. The highest BCUT2D eigenvalue weighted by molar-refractivity contribution is 9.10. The van der Waals surface area contributed by atoms with Crippen LogP contribution in [0.1, 0.15) is 5.56 Å². The van der Waals surface area contributed by atoms with Gasteiger partial charge >= 0.3 is 0 Å². The number of nitrogens with zero attached hydrogens (tertiary/aromatic N) is 1. The van der Waals surface area contributed by atoms with Gasteiger partial charge in [-0.05, 0) is 48.6 Å². The minimum Gasteiger partial charge on any atom is -0.507 e. The van der Waals surface area contributed by atoms with E-state index in [1.807, 2.05) is 30.3 Å². The zero-order chi connectivity index (χ0) is 15.7. The van der Waals surface area contributed by atoms with Crippen LogP contribution < -0.4 is 10.2 Å². The maximum Gasteiger partial charge on any atom is 0.281 e. The monoisotopic (exact) mass is 374 g/mol. The van der Waals surface area contributed by atoms with E-state index in [1.165, 1.54) is 4.90 Å². The van der Waals surface area contributed by atoms with Gasteiger partial charge in [-0.25, -0.2) is 0 Å². The van der Waals surface area contributed by atoms with Crippen LogP contribution in [-0.4, -0.2) is 16.1 Å². The van der Waals surface area contributed by atoms with Gasteiger partial charge in [0.2, 0.25) is 0 Å². The molecular weight excluding hydrogens is 364 g/mol. The molecule has 6 heteroatoms. The molecular formula is C16H11BrN2O2S. The predicted octanol–water partition coefficient (Wildman–Crippen LogP) is 3.42. The summed E-state index contributed by atoms with van der Waals surface area (Å²) in [6.07, 6.45) is 1.58. The molecule has 1 aliphatic heterocycles. The second-order valence-electron chi connectivity index (χ2n) is 4.67. The van der Waals surface area contributed by atoms with Gasteiger partial charge in [-0.3, -0.25) is 9.69 Å². The Morgan fingerprint density at radius 2 is 1.91 bits per heavy atom. The Balaban J connectivity index is 1.97. The van der Waals surface area contributed by atoms with Crippen molar-refractivity contribution < 1.29 is 9.90 Å². The molecule has 0 atom stereocenters. The number of para-hydroxylation sites is 1. The number of hydrogen-bond donors (Lipinski definition) is 2. The lowest BCUT2D eigenvalue weighted by Gasteiger charge is -2.13. The zero-order valence-electron chi connectivity index (χ0n) is 11.3. The highest BCUT2D eigenvalue weighted by atomic mass is 79.9. The van der Waals surface area contributed by atoms with E-state index in [1.54, 1.807) is 24.3 Å². The van der Waals surface area contributed by atoms with Crippen molar-refractivity contribution in [3.8, 4) is 5.75 Å². The first-order valence-electron chi connectivity index (χ1n) is 6.47. The van der Waals surface area contributed by atoms with Crippen LogP contribution in [0, 0.1) is 0 Å². The summed E-state index contributed by atoms with van der Waals surface area (Å²) in [5.74, 6) is -0.162. The summed E-state index contributed by atoms with van der Waals surface area (Å²) < 4.78 is 0.810. The molecule has 3 rings (SSSR count). The molecule has 0 aromatic heterocycles. The van der Waals surface area contributed by atoms with Crippen LogP contribution in [0.4, 0.5) is 5.69 Å². The summed E-state index contributed by atoms with van der Waals surface area (Å²) in [5, 5.41) is 13.1. The first kappa shape index (κ1) is 14.7. The van der Waals surface area contributed by atoms with Crippen LogP contribution in [0.25, 0.3) is 6.08 Å². The fraction of sp³-hybridized carbons (Fsp3) is 0. The van der Waals surface area contributed by atoms with Crippen LogP contribution in [0.15, 0.2) is 58.7 Å². The number of carbonyl (C=O) groups is 1. The van der Waals surface area contributed by atoms with Gasteiger partial charge in [0, 0.05) is 10.0 Å². The Labute approximate surface area is 141 Å². The molecule has 110 valence electrons. The molecule has 0 bridgehead atoms. The maximum absolute atomic E-state index is 12.5. The Kier molecular flexibility index (Phi) is 3.96. The lowest BCUT2D eigenvalue weighted by atomic mass is 10.1. The number of hydrogen-bond acceptors (Lipinski definition) is 3. The Morgan fingerprint density at radius 1 is 1.18 bits per heavy atom. The molecule has 1 fully saturated rings. The summed E-state index contributed by atoms with van der Waals surface area (Å²) in [7, 11) is 0. The standard InChI is InChI=1S/C16H11BrN2O2S/c17-11-6-7-14(20)10(8-11)9-13-15(21)19(16(22)18-13)12-4-2-1-3-5-12/h1-9,20H,(H,18,22)/b13-9-. The van der Waals surface area contributed by atoms with Crippen LogP contribution in [-0.2, 0) is 4.79 Å². The number of phenolic OH excluding ortho intramolecular Hbond substituents is 1. The number of halogens is 1. The Hall–Kier alpha value is -2.18. The third kappa shape index (κ3) is 2.75. The van der Waals surface area contributed by atoms with Gasteiger partial charge < -0.3 is 10.4 Å². The van der Waals surface area contributed by atoms with Gasteiger partial charge in [-0.15, -0.1) is 0 Å². The van der Waals surface area contributed by atoms with E-state index < -0.39 is 0 Å². The summed E-state index contributed by atoms with van der Waals surface area (Å²) in [4.78, 5) is 14.0. The van der Waals surface area contributed by atoms with Gasteiger partial charge in [0.1, 0.15) is 11.4 Å². The van der Waals surface area contributed by atoms with Crippen molar-refractivity contribution in [3.63, 3.8) is 0 Å². The van der Waals surface area contributed by atoms with Crippen LogP contribution in [0.3, 0.4) is 0 Å². The van der Waals surface area contributed by atoms with E-state index in [0.29, 0.717) is 22.1 Å². The van der Waals surface area contributed by atoms with Crippen LogP contribution in [0.5, 0.6) is 5.75 Å². The summed E-state index contributed by atoms with van der Waals surface area (Å²) in [6.45, 7) is 0. The van der Waals surface area contributed by atoms with E-state index in [9.17, 15) is 9.90 Å². The van der Waals surface area contributed by atoms with Gasteiger partial charge in [-0.2, -0.15) is 0 Å². The third-order valence-corrected chi connectivity index (χ3v) is 3.96. The van der Waals surface area contributed by atoms with Gasteiger partial charge in [0.15, 0.2) is 5.11 Å². The van der Waals surface area contributed by atoms with Gasteiger partial charge in [0.05, 0.1) is 5.69 Å². The number of carbonyl (C=O) groups excluding carboxylic acids is 1. The van der Waals surface area contributed by atoms with Crippen molar-refractivity contribution in [2.75, 3.05) is 4.90 Å². The molecule has 1 amide bonds. The molecule has 2 aromatic rings. The molecule has 0 spiro atoms. The number of anilines is 1. The molecule has 2 aromatic carbocycles. The van der Waals surface area contributed by atoms with Crippen LogP contribution in [0.2, 0.25) is 0 Å². The number of aromatic hydroxyl groups is 1. The lowest BCUT2D eigenvalue weighted by Crippen LogP contribution is -2.30. The van der Waals surface area contributed by atoms with Gasteiger partial charge in [-0.1, -0.05) is 34.1 Å². The molecule has 1 saturated heterocycles. The highest BCUT2D eigenvalue weighted by Crippen LogP contribution is 2.27. The summed E-state index contributed by atoms with van der Waals surface area (Å²) in [5.41, 5.74) is 1.55. The number of amides is 1. The molecule has 22 heavy (non-hydrogen) atoms. The van der Waals surface area contributed by atoms with Crippen molar-refractivity contribution >= 4 is 50.9 Å². The summed E-state index contributed by atoms with van der Waals surface area (Å²) in [6, 6.07) is 14.2. The van der Waals surface area contributed by atoms with E-state index in [2.05, 4.69) is 21.2 Å². The molecule has 0 radical (unpaired) electrons. The number of nitrogens with one attached hydrogen (secondary N) is 1. The topological polar surface area (TPSA) is 52.6 Å². The zero-order valence-corrected chi connectivity index (χ0v) is 13.7. The quantitative estimate of drug-likeness (QED) is 0.624. The van der Waals surface area contributed by atoms with Crippen LogP contribution >= 0.6 is 28.1 Å². The Bertz CT molecular complexity index is 790. The highest BCUT2D eigenvalue weighted by Gasteiger charge is 2.31. The lowest BCUT2D eigenvalue weighted by molar-refractivity contribution is -0.113. The molecule has 0 unspecified atom stereocenters. The van der Waals surface area contributed by atoms with Crippen molar-refractivity contribution in [3.05, 3.63) is 64.3 Å². The molecule has 0 aliphatic carbocycles. The first-order chi connectivity index (χ1) is 10.6. The fourth-order valence-corrected chi connectivity index (χ4v) is 2.82. The van der Waals surface area contributed by atoms with Gasteiger partial charge in [0.25, 0.3) is 5.91 Å². The maximum atomic E-state index is 12.5. The van der Waals surface area contributed by atoms with E-state index in [-0.39, 0.29) is 11.7 Å². The van der Waals surface area contributed by atoms with E-state index in [4.69, 9.17) is 12.2 Å². The van der Waals surface area contributed by atoms with E-state index in [0.717, 1.165) is 4.47 Å². The largest absolute Gasteiger partial charge is 0.507 e. The minimum atomic E-state index is -0.254. The average Bonchev–Trinajstić information content (AvgIpc) is 2.78. The molecule has 0 saturated carbocycles. The van der Waals surface area contributed by atoms with Crippen molar-refractivity contribution in [2.24, 2.45) is 0 Å². The Morgan fingerprint density at radius 3 is 2.64 bits per heavy atom. The average molecular weight is 375 g/mol. The predicted molar refractivity (Wildman–Crippen MR) is 93.4 cm³/mol. The number of benzene rings is 2.